The Labute approximate surface area is 190 Å². The molecule has 8 heteroatoms. The number of nitro benzene ring substituents is 1. The molecule has 33 heavy (non-hydrogen) atoms. The van der Waals surface area contributed by atoms with Gasteiger partial charge < -0.3 is 4.74 Å². The van der Waals surface area contributed by atoms with Crippen molar-refractivity contribution < 1.29 is 19.2 Å². The molecule has 0 saturated carbocycles. The number of ether oxygens (including phenoxy) is 1. The van der Waals surface area contributed by atoms with Gasteiger partial charge in [0.15, 0.2) is 5.72 Å². The number of nitrogens with zero attached hydrogens (tertiary/aromatic N) is 3. The van der Waals surface area contributed by atoms with Crippen molar-refractivity contribution in [1.82, 2.24) is 4.90 Å². The number of hydrogen-bond donors (Lipinski definition) is 0. The number of hydrogen-bond acceptors (Lipinski definition) is 5. The fraction of sp³-hybridized carbons (Fsp3) is 0.200. The van der Waals surface area contributed by atoms with Crippen LogP contribution in [-0.2, 0) is 0 Å². The van der Waals surface area contributed by atoms with Gasteiger partial charge in [0.25, 0.3) is 11.6 Å². The van der Waals surface area contributed by atoms with Crippen LogP contribution < -0.4 is 9.64 Å². The van der Waals surface area contributed by atoms with Crippen LogP contribution >= 0.6 is 0 Å². The predicted octanol–water partition coefficient (Wildman–Crippen LogP) is 5.23. The summed E-state index contributed by atoms with van der Waals surface area (Å²) in [5.41, 5.74) is 1.50. The maximum Gasteiger partial charge on any atom is 0.335 e. The van der Waals surface area contributed by atoms with Crippen molar-refractivity contribution in [3.63, 3.8) is 0 Å². The Bertz CT molecular complexity index is 1270. The van der Waals surface area contributed by atoms with E-state index in [9.17, 15) is 19.7 Å². The summed E-state index contributed by atoms with van der Waals surface area (Å²) >= 11 is 0. The molecule has 1 saturated heterocycles. The Balaban J connectivity index is 1.63. The first-order chi connectivity index (χ1) is 15.8. The van der Waals surface area contributed by atoms with Crippen LogP contribution in [-0.4, -0.2) is 27.5 Å². The first-order valence-electron chi connectivity index (χ1n) is 10.6. The highest BCUT2D eigenvalue weighted by molar-refractivity contribution is 6.10. The minimum atomic E-state index is -0.988. The van der Waals surface area contributed by atoms with Gasteiger partial charge in [-0.05, 0) is 44.2 Å². The Kier molecular flexibility index (Phi) is 4.67. The highest BCUT2D eigenvalue weighted by Gasteiger charge is 2.55. The van der Waals surface area contributed by atoms with E-state index in [0.29, 0.717) is 17.9 Å². The van der Waals surface area contributed by atoms with Gasteiger partial charge in [-0.25, -0.2) is 4.79 Å². The number of carbonyl (C=O) groups excluding carboxylic acids is 2. The summed E-state index contributed by atoms with van der Waals surface area (Å²) < 4.78 is 6.33. The topological polar surface area (TPSA) is 93.0 Å². The molecule has 2 aliphatic rings. The third kappa shape index (κ3) is 3.31. The zero-order chi connectivity index (χ0) is 23.3. The molecule has 0 N–H and O–H groups in total. The molecule has 0 unspecified atom stereocenters. The summed E-state index contributed by atoms with van der Waals surface area (Å²) in [6, 6.07) is 19.1. The molecule has 0 aliphatic carbocycles. The van der Waals surface area contributed by atoms with E-state index < -0.39 is 28.6 Å². The van der Waals surface area contributed by atoms with Crippen LogP contribution in [0.25, 0.3) is 0 Å². The molecule has 2 heterocycles. The number of nitro groups is 1. The zero-order valence-electron chi connectivity index (χ0n) is 18.1. The second kappa shape index (κ2) is 7.44. The van der Waals surface area contributed by atoms with E-state index in [0.717, 1.165) is 11.1 Å². The minimum absolute atomic E-state index is 0.123. The van der Waals surface area contributed by atoms with E-state index in [2.05, 4.69) is 0 Å². The van der Waals surface area contributed by atoms with Gasteiger partial charge in [0.1, 0.15) is 5.75 Å². The normalized spacial score (nSPS) is 21.3. The first-order valence-corrected chi connectivity index (χ1v) is 10.6. The molecular formula is C25H21N3O5. The maximum absolute atomic E-state index is 13.9. The Morgan fingerprint density at radius 3 is 2.39 bits per heavy atom. The molecule has 1 fully saturated rings. The van der Waals surface area contributed by atoms with Gasteiger partial charge in [-0.15, -0.1) is 0 Å². The largest absolute Gasteiger partial charge is 0.467 e. The van der Waals surface area contributed by atoms with Crippen LogP contribution in [0.15, 0.2) is 72.8 Å². The number of amides is 3. The van der Waals surface area contributed by atoms with Crippen molar-refractivity contribution in [3.8, 4) is 5.75 Å². The van der Waals surface area contributed by atoms with Crippen molar-refractivity contribution in [2.75, 3.05) is 4.90 Å². The van der Waals surface area contributed by atoms with Gasteiger partial charge in [0.2, 0.25) is 0 Å². The summed E-state index contributed by atoms with van der Waals surface area (Å²) in [5.74, 6) is 0.0955. The van der Waals surface area contributed by atoms with Crippen molar-refractivity contribution in [1.29, 1.82) is 0 Å². The number of anilines is 1. The van der Waals surface area contributed by atoms with E-state index in [-0.39, 0.29) is 11.3 Å². The molecule has 2 aliphatic heterocycles. The highest BCUT2D eigenvalue weighted by Crippen LogP contribution is 2.49. The lowest BCUT2D eigenvalue weighted by atomic mass is 9.88. The number of non-ortho nitro benzene ring substituents is 1. The standard InChI is InChI=1S/C25H21N3O5/c1-16-7-11-18(12-8-16)27-24(30)26(23(29)17-9-13-19(14-10-17)28(31)32)21-15-25(27,2)33-22-6-4-3-5-20(21)22/h3-14,21H,15H2,1-2H3/t21-,25+/m0/s1. The molecule has 8 nitrogen and oxygen atoms in total. The number of imide groups is 1. The number of carbonyl (C=O) groups is 2. The molecular weight excluding hydrogens is 422 g/mol. The van der Waals surface area contributed by atoms with E-state index >= 15 is 0 Å². The zero-order valence-corrected chi connectivity index (χ0v) is 18.1. The van der Waals surface area contributed by atoms with E-state index in [1.807, 2.05) is 62.4 Å². The fourth-order valence-electron chi connectivity index (χ4n) is 4.58. The molecule has 166 valence electrons. The Hall–Kier alpha value is -4.20. The summed E-state index contributed by atoms with van der Waals surface area (Å²) in [5, 5.41) is 11.0. The van der Waals surface area contributed by atoms with Gasteiger partial charge >= 0.3 is 6.03 Å². The van der Waals surface area contributed by atoms with Gasteiger partial charge in [-0.1, -0.05) is 35.9 Å². The molecule has 3 aromatic carbocycles. The van der Waals surface area contributed by atoms with Crippen molar-refractivity contribution in [3.05, 3.63) is 99.6 Å². The molecule has 0 aromatic heterocycles. The van der Waals surface area contributed by atoms with Crippen LogP contribution in [0, 0.1) is 17.0 Å². The number of benzene rings is 3. The number of aryl methyl sites for hydroxylation is 1. The summed E-state index contributed by atoms with van der Waals surface area (Å²) in [6.07, 6.45) is 0.377. The lowest BCUT2D eigenvalue weighted by molar-refractivity contribution is -0.384. The Morgan fingerprint density at radius 1 is 1.06 bits per heavy atom. The average molecular weight is 443 g/mol. The van der Waals surface area contributed by atoms with Crippen molar-refractivity contribution >= 4 is 23.3 Å². The second-order valence-electron chi connectivity index (χ2n) is 8.47. The van der Waals surface area contributed by atoms with Crippen LogP contribution in [0.5, 0.6) is 5.75 Å². The lowest BCUT2D eigenvalue weighted by Gasteiger charge is -2.53. The van der Waals surface area contributed by atoms with Gasteiger partial charge in [0.05, 0.1) is 11.0 Å². The van der Waals surface area contributed by atoms with Crippen LogP contribution in [0.2, 0.25) is 0 Å². The minimum Gasteiger partial charge on any atom is -0.467 e. The highest BCUT2D eigenvalue weighted by atomic mass is 16.6. The Morgan fingerprint density at radius 2 is 1.73 bits per heavy atom. The smallest absolute Gasteiger partial charge is 0.335 e. The fourth-order valence-corrected chi connectivity index (χ4v) is 4.58. The third-order valence-corrected chi connectivity index (χ3v) is 6.20. The summed E-state index contributed by atoms with van der Waals surface area (Å²) in [7, 11) is 0. The molecule has 3 amide bonds. The number of urea groups is 1. The monoisotopic (exact) mass is 443 g/mol. The average Bonchev–Trinajstić information content (AvgIpc) is 2.80. The van der Waals surface area contributed by atoms with Crippen LogP contribution in [0.1, 0.15) is 40.9 Å². The van der Waals surface area contributed by atoms with Crippen LogP contribution in [0.3, 0.4) is 0 Å². The maximum atomic E-state index is 13.9. The summed E-state index contributed by atoms with van der Waals surface area (Å²) in [4.78, 5) is 40.7. The van der Waals surface area contributed by atoms with Gasteiger partial charge in [-0.3, -0.25) is 24.7 Å². The van der Waals surface area contributed by atoms with Gasteiger partial charge in [0, 0.05) is 35.4 Å². The number of para-hydroxylation sites is 1. The molecule has 3 aromatic rings. The molecule has 0 radical (unpaired) electrons. The van der Waals surface area contributed by atoms with Crippen molar-refractivity contribution in [2.45, 2.75) is 32.0 Å². The quantitative estimate of drug-likeness (QED) is 0.408. The van der Waals surface area contributed by atoms with Crippen LogP contribution in [0.4, 0.5) is 16.2 Å². The predicted molar refractivity (Wildman–Crippen MR) is 121 cm³/mol. The first kappa shape index (κ1) is 20.7. The number of rotatable bonds is 3. The molecule has 0 spiro atoms. The molecule has 5 rings (SSSR count). The second-order valence-corrected chi connectivity index (χ2v) is 8.47. The van der Waals surface area contributed by atoms with E-state index in [4.69, 9.17) is 4.74 Å². The summed E-state index contributed by atoms with van der Waals surface area (Å²) in [6.45, 7) is 3.80. The molecule has 2 atom stereocenters. The lowest BCUT2D eigenvalue weighted by Crippen LogP contribution is -2.67. The van der Waals surface area contributed by atoms with Gasteiger partial charge in [-0.2, -0.15) is 0 Å². The third-order valence-electron chi connectivity index (χ3n) is 6.20. The van der Waals surface area contributed by atoms with Crippen molar-refractivity contribution in [2.24, 2.45) is 0 Å². The van der Waals surface area contributed by atoms with E-state index in [1.54, 1.807) is 0 Å². The number of fused-ring (bicyclic) bond motifs is 4. The van der Waals surface area contributed by atoms with E-state index in [1.165, 1.54) is 34.1 Å². The molecule has 2 bridgehead atoms. The SMILES string of the molecule is Cc1ccc(N2C(=O)N(C(=O)c3ccc([N+](=O)[O-])cc3)[C@H]3C[C@@]2(C)Oc2ccccc23)cc1.